The molecule has 5 heteroatoms. The Morgan fingerprint density at radius 1 is 1.48 bits per heavy atom. The number of imidazole rings is 1. The molecule has 21 heavy (non-hydrogen) atoms. The summed E-state index contributed by atoms with van der Waals surface area (Å²) in [5.41, 5.74) is 2.55. The van der Waals surface area contributed by atoms with Gasteiger partial charge in [-0.2, -0.15) is 0 Å². The van der Waals surface area contributed by atoms with E-state index in [2.05, 4.69) is 29.0 Å². The van der Waals surface area contributed by atoms with Gasteiger partial charge in [-0.1, -0.05) is 13.8 Å². The minimum atomic E-state index is 0.154. The van der Waals surface area contributed by atoms with Gasteiger partial charge in [0.15, 0.2) is 0 Å². The number of carbonyl (C=O) groups excluding carboxylic acids is 1. The maximum atomic E-state index is 12.0. The highest BCUT2D eigenvalue weighted by molar-refractivity contribution is 5.75. The predicted octanol–water partition coefficient (Wildman–Crippen LogP) is 1.57. The largest absolute Gasteiger partial charge is 0.356 e. The minimum absolute atomic E-state index is 0.154. The molecule has 1 amide bonds. The Hall–Kier alpha value is -1.36. The van der Waals surface area contributed by atoms with Crippen LogP contribution in [-0.2, 0) is 24.3 Å². The average molecular weight is 290 g/mol. The van der Waals surface area contributed by atoms with Gasteiger partial charge < -0.3 is 15.2 Å². The van der Waals surface area contributed by atoms with Crippen LogP contribution < -0.4 is 10.6 Å². The van der Waals surface area contributed by atoms with E-state index < -0.39 is 0 Å². The molecular weight excluding hydrogens is 264 g/mol. The summed E-state index contributed by atoms with van der Waals surface area (Å²) in [6.45, 7) is 7.66. The fraction of sp³-hybridized carbons (Fsp3) is 0.750. The van der Waals surface area contributed by atoms with Gasteiger partial charge in [0.05, 0.1) is 5.69 Å². The van der Waals surface area contributed by atoms with Crippen LogP contribution in [0.1, 0.15) is 56.2 Å². The van der Waals surface area contributed by atoms with Gasteiger partial charge in [0, 0.05) is 50.6 Å². The lowest BCUT2D eigenvalue weighted by molar-refractivity contribution is -0.121. The van der Waals surface area contributed by atoms with E-state index in [9.17, 15) is 4.79 Å². The number of aromatic nitrogens is 2. The quantitative estimate of drug-likeness (QED) is 0.836. The summed E-state index contributed by atoms with van der Waals surface area (Å²) in [7, 11) is 0. The second-order valence-corrected chi connectivity index (χ2v) is 6.66. The van der Waals surface area contributed by atoms with Gasteiger partial charge in [-0.25, -0.2) is 4.98 Å². The minimum Gasteiger partial charge on any atom is -0.356 e. The van der Waals surface area contributed by atoms with E-state index in [-0.39, 0.29) is 5.91 Å². The van der Waals surface area contributed by atoms with Crippen LogP contribution in [0.15, 0.2) is 0 Å². The van der Waals surface area contributed by atoms with E-state index >= 15 is 0 Å². The Balaban J connectivity index is 1.66. The number of fused-ring (bicyclic) bond motifs is 1. The zero-order chi connectivity index (χ0) is 14.8. The Morgan fingerprint density at radius 3 is 3.00 bits per heavy atom. The number of hydrogen-bond donors (Lipinski definition) is 2. The molecule has 1 aliphatic carbocycles. The second kappa shape index (κ2) is 6.18. The number of nitrogens with zero attached hydrogens (tertiary/aromatic N) is 2. The van der Waals surface area contributed by atoms with Crippen LogP contribution in [0.25, 0.3) is 0 Å². The van der Waals surface area contributed by atoms with Crippen molar-refractivity contribution in [3.8, 4) is 0 Å². The van der Waals surface area contributed by atoms with E-state index in [0.717, 1.165) is 32.6 Å². The SMILES string of the molecule is CC(C)CNC(=O)CCn1c(C2CC2)nc2c1CCNC2. The number of rotatable bonds is 6. The zero-order valence-electron chi connectivity index (χ0n) is 13.1. The van der Waals surface area contributed by atoms with Gasteiger partial charge in [0.1, 0.15) is 5.82 Å². The van der Waals surface area contributed by atoms with E-state index in [4.69, 9.17) is 4.98 Å². The lowest BCUT2D eigenvalue weighted by Crippen LogP contribution is -2.29. The molecule has 0 atom stereocenters. The lowest BCUT2D eigenvalue weighted by atomic mass is 10.2. The third-order valence-electron chi connectivity index (χ3n) is 4.23. The van der Waals surface area contributed by atoms with Crippen LogP contribution in [0.5, 0.6) is 0 Å². The summed E-state index contributed by atoms with van der Waals surface area (Å²) in [5.74, 6) is 2.51. The van der Waals surface area contributed by atoms with Crippen molar-refractivity contribution in [3.63, 3.8) is 0 Å². The first-order chi connectivity index (χ1) is 10.1. The molecule has 1 aromatic rings. The van der Waals surface area contributed by atoms with Crippen LogP contribution in [0.2, 0.25) is 0 Å². The van der Waals surface area contributed by atoms with Gasteiger partial charge in [0.2, 0.25) is 5.91 Å². The van der Waals surface area contributed by atoms with E-state index in [1.165, 1.54) is 30.1 Å². The molecule has 1 fully saturated rings. The Bertz CT molecular complexity index is 517. The monoisotopic (exact) mass is 290 g/mol. The Kier molecular flexibility index (Phi) is 4.29. The molecule has 1 aliphatic heterocycles. The summed E-state index contributed by atoms with van der Waals surface area (Å²) in [6.07, 6.45) is 4.09. The number of hydrogen-bond acceptors (Lipinski definition) is 3. The van der Waals surface area contributed by atoms with Crippen molar-refractivity contribution >= 4 is 5.91 Å². The highest BCUT2D eigenvalue weighted by Gasteiger charge is 2.31. The van der Waals surface area contributed by atoms with Crippen LogP contribution in [-0.4, -0.2) is 28.5 Å². The molecule has 0 radical (unpaired) electrons. The summed E-state index contributed by atoms with van der Waals surface area (Å²) in [6, 6.07) is 0. The summed E-state index contributed by atoms with van der Waals surface area (Å²) in [4.78, 5) is 16.8. The van der Waals surface area contributed by atoms with Crippen LogP contribution in [0.4, 0.5) is 0 Å². The molecular formula is C16H26N4O. The number of carbonyl (C=O) groups is 1. The third-order valence-corrected chi connectivity index (χ3v) is 4.23. The molecule has 1 aromatic heterocycles. The summed E-state index contributed by atoms with van der Waals surface area (Å²) >= 11 is 0. The maximum Gasteiger partial charge on any atom is 0.221 e. The molecule has 3 rings (SSSR count). The first kappa shape index (κ1) is 14.6. The predicted molar refractivity (Wildman–Crippen MR) is 82.1 cm³/mol. The van der Waals surface area contributed by atoms with Crippen molar-refractivity contribution in [2.45, 2.75) is 58.5 Å². The first-order valence-electron chi connectivity index (χ1n) is 8.20. The molecule has 5 nitrogen and oxygen atoms in total. The highest BCUT2D eigenvalue weighted by atomic mass is 16.1. The van der Waals surface area contributed by atoms with Gasteiger partial charge >= 0.3 is 0 Å². The zero-order valence-corrected chi connectivity index (χ0v) is 13.1. The topological polar surface area (TPSA) is 59.0 Å². The number of amides is 1. The van der Waals surface area contributed by atoms with Gasteiger partial charge in [-0.05, 0) is 18.8 Å². The van der Waals surface area contributed by atoms with Crippen molar-refractivity contribution in [2.24, 2.45) is 5.92 Å². The molecule has 0 unspecified atom stereocenters. The highest BCUT2D eigenvalue weighted by Crippen LogP contribution is 2.40. The average Bonchev–Trinajstić information content (AvgIpc) is 3.24. The lowest BCUT2D eigenvalue weighted by Gasteiger charge is -2.16. The van der Waals surface area contributed by atoms with Crippen molar-refractivity contribution in [2.75, 3.05) is 13.1 Å². The van der Waals surface area contributed by atoms with Crippen molar-refractivity contribution in [1.82, 2.24) is 20.2 Å². The van der Waals surface area contributed by atoms with Crippen molar-refractivity contribution in [1.29, 1.82) is 0 Å². The Labute approximate surface area is 126 Å². The van der Waals surface area contributed by atoms with Crippen molar-refractivity contribution < 1.29 is 4.79 Å². The molecule has 1 saturated carbocycles. The first-order valence-corrected chi connectivity index (χ1v) is 8.20. The Morgan fingerprint density at radius 2 is 2.29 bits per heavy atom. The number of nitrogens with one attached hydrogen (secondary N) is 2. The normalized spacial score (nSPS) is 17.9. The molecule has 0 saturated heterocycles. The molecule has 0 aromatic carbocycles. The van der Waals surface area contributed by atoms with Crippen LogP contribution in [0, 0.1) is 5.92 Å². The fourth-order valence-electron chi connectivity index (χ4n) is 2.91. The molecule has 2 aliphatic rings. The smallest absolute Gasteiger partial charge is 0.221 e. The van der Waals surface area contributed by atoms with Crippen molar-refractivity contribution in [3.05, 3.63) is 17.2 Å². The standard InChI is InChI=1S/C16H26N4O/c1-11(2)9-18-15(21)6-8-20-14-5-7-17-10-13(14)19-16(20)12-3-4-12/h11-12,17H,3-10H2,1-2H3,(H,18,21). The van der Waals surface area contributed by atoms with Gasteiger partial charge in [-0.3, -0.25) is 4.79 Å². The molecule has 2 N–H and O–H groups in total. The fourth-order valence-corrected chi connectivity index (χ4v) is 2.91. The van der Waals surface area contributed by atoms with E-state index in [1.54, 1.807) is 0 Å². The van der Waals surface area contributed by atoms with Gasteiger partial charge in [-0.15, -0.1) is 0 Å². The van der Waals surface area contributed by atoms with E-state index in [0.29, 0.717) is 18.3 Å². The second-order valence-electron chi connectivity index (χ2n) is 6.66. The molecule has 0 spiro atoms. The van der Waals surface area contributed by atoms with E-state index in [1.807, 2.05) is 0 Å². The third kappa shape index (κ3) is 3.46. The van der Waals surface area contributed by atoms with Crippen LogP contribution >= 0.6 is 0 Å². The molecule has 116 valence electrons. The molecule has 0 bridgehead atoms. The molecule has 2 heterocycles. The van der Waals surface area contributed by atoms with Crippen LogP contribution in [0.3, 0.4) is 0 Å². The van der Waals surface area contributed by atoms with Gasteiger partial charge in [0.25, 0.3) is 0 Å². The maximum absolute atomic E-state index is 12.0. The summed E-state index contributed by atoms with van der Waals surface area (Å²) < 4.78 is 2.34. The summed E-state index contributed by atoms with van der Waals surface area (Å²) in [5, 5.41) is 6.39.